The molecule has 16 heavy (non-hydrogen) atoms. The number of nitrogens with one attached hydrogen (secondary N) is 1. The Kier molecular flexibility index (Phi) is 2.90. The fourth-order valence-electron chi connectivity index (χ4n) is 2.18. The lowest BCUT2D eigenvalue weighted by Crippen LogP contribution is -2.07. The molecular formula is C11H12N4O. The van der Waals surface area contributed by atoms with E-state index in [1.807, 2.05) is 18.2 Å². The van der Waals surface area contributed by atoms with Crippen molar-refractivity contribution in [1.82, 2.24) is 0 Å². The van der Waals surface area contributed by atoms with E-state index in [9.17, 15) is 0 Å². The second-order valence-corrected chi connectivity index (χ2v) is 3.77. The van der Waals surface area contributed by atoms with E-state index < -0.39 is 0 Å². The van der Waals surface area contributed by atoms with Gasteiger partial charge in [0.05, 0.1) is 18.4 Å². The number of rotatable bonds is 3. The minimum absolute atomic E-state index is 0.119. The summed E-state index contributed by atoms with van der Waals surface area (Å²) in [5, 5.41) is 20.4. The van der Waals surface area contributed by atoms with Gasteiger partial charge >= 0.3 is 0 Å². The average molecular weight is 216 g/mol. The molecule has 5 nitrogen and oxygen atoms in total. The summed E-state index contributed by atoms with van der Waals surface area (Å²) in [7, 11) is 0. The maximum absolute atomic E-state index is 8.98. The molecule has 2 rings (SSSR count). The molecule has 0 spiro atoms. The Bertz CT molecular complexity index is 477. The molecule has 0 heterocycles. The first kappa shape index (κ1) is 10.7. The number of aliphatic hydroxyl groups excluding tert-OH is 1. The second-order valence-electron chi connectivity index (χ2n) is 3.77. The van der Waals surface area contributed by atoms with E-state index >= 15 is 0 Å². The molecule has 0 saturated heterocycles. The summed E-state index contributed by atoms with van der Waals surface area (Å²) in [5.74, 6) is 0. The maximum Gasteiger partial charge on any atom is 0.0852 e. The molecule has 0 bridgehead atoms. The van der Waals surface area contributed by atoms with Gasteiger partial charge in [-0.1, -0.05) is 23.3 Å². The van der Waals surface area contributed by atoms with E-state index in [1.165, 1.54) is 0 Å². The number of hydrogen-bond donors (Lipinski definition) is 2. The molecule has 1 aliphatic rings. The van der Waals surface area contributed by atoms with Gasteiger partial charge in [0, 0.05) is 10.5 Å². The molecule has 0 amide bonds. The highest BCUT2D eigenvalue weighted by Gasteiger charge is 2.24. The molecular weight excluding hydrogens is 204 g/mol. The average Bonchev–Trinajstić information content (AvgIpc) is 2.72. The minimum Gasteiger partial charge on any atom is -0.390 e. The Hall–Kier alpha value is -1.84. The van der Waals surface area contributed by atoms with Gasteiger partial charge in [0.15, 0.2) is 0 Å². The smallest absolute Gasteiger partial charge is 0.0852 e. The fourth-order valence-corrected chi connectivity index (χ4v) is 2.18. The van der Waals surface area contributed by atoms with Crippen LogP contribution in [0.2, 0.25) is 0 Å². The number of benzene rings is 1. The summed E-state index contributed by atoms with van der Waals surface area (Å²) in [6.45, 7) is -0.261. The van der Waals surface area contributed by atoms with Crippen molar-refractivity contribution in [2.75, 3.05) is 6.61 Å². The zero-order chi connectivity index (χ0) is 11.5. The third-order valence-electron chi connectivity index (χ3n) is 2.91. The number of nitrogens with zero attached hydrogens (tertiary/aromatic N) is 3. The Balaban J connectivity index is 2.47. The van der Waals surface area contributed by atoms with Crippen molar-refractivity contribution >= 4 is 5.71 Å². The summed E-state index contributed by atoms with van der Waals surface area (Å²) in [5.41, 5.74) is 11.5. The molecule has 1 aromatic carbocycles. The molecule has 1 aromatic rings. The van der Waals surface area contributed by atoms with Gasteiger partial charge in [-0.15, -0.1) is 0 Å². The summed E-state index contributed by atoms with van der Waals surface area (Å²) in [6.07, 6.45) is 1.59. The van der Waals surface area contributed by atoms with Crippen LogP contribution >= 0.6 is 0 Å². The second kappa shape index (κ2) is 4.35. The molecule has 0 saturated carbocycles. The summed E-state index contributed by atoms with van der Waals surface area (Å²) >= 11 is 0. The lowest BCUT2D eigenvalue weighted by Gasteiger charge is -2.09. The topological polar surface area (TPSA) is 92.8 Å². The van der Waals surface area contributed by atoms with Gasteiger partial charge in [0.25, 0.3) is 0 Å². The number of fused-ring (bicyclic) bond motifs is 1. The van der Waals surface area contributed by atoms with Gasteiger partial charge in [-0.05, 0) is 29.5 Å². The summed E-state index contributed by atoms with van der Waals surface area (Å²) < 4.78 is 0. The lowest BCUT2D eigenvalue weighted by atomic mass is 9.99. The van der Waals surface area contributed by atoms with Crippen LogP contribution < -0.4 is 0 Å². The van der Waals surface area contributed by atoms with E-state index in [1.54, 1.807) is 0 Å². The van der Waals surface area contributed by atoms with Crippen LogP contribution in [0.1, 0.15) is 29.2 Å². The first-order chi connectivity index (χ1) is 7.77. The van der Waals surface area contributed by atoms with Gasteiger partial charge in [0.1, 0.15) is 0 Å². The zero-order valence-electron chi connectivity index (χ0n) is 8.72. The molecule has 0 aliphatic heterocycles. The van der Waals surface area contributed by atoms with Crippen molar-refractivity contribution < 1.29 is 5.11 Å². The van der Waals surface area contributed by atoms with E-state index in [0.717, 1.165) is 29.5 Å². The highest BCUT2D eigenvalue weighted by atomic mass is 16.3. The third-order valence-corrected chi connectivity index (χ3v) is 2.91. The van der Waals surface area contributed by atoms with Crippen molar-refractivity contribution in [2.24, 2.45) is 5.11 Å². The Labute approximate surface area is 92.9 Å². The Morgan fingerprint density at radius 2 is 2.44 bits per heavy atom. The number of hydrogen-bond acceptors (Lipinski definition) is 3. The van der Waals surface area contributed by atoms with Crippen LogP contribution in [0.3, 0.4) is 0 Å². The molecule has 82 valence electrons. The van der Waals surface area contributed by atoms with E-state index in [2.05, 4.69) is 10.0 Å². The maximum atomic E-state index is 8.98. The molecule has 0 fully saturated rings. The Morgan fingerprint density at radius 3 is 3.12 bits per heavy atom. The molecule has 1 unspecified atom stereocenters. The summed E-state index contributed by atoms with van der Waals surface area (Å²) in [4.78, 5) is 2.83. The van der Waals surface area contributed by atoms with Crippen LogP contribution in [0.15, 0.2) is 23.3 Å². The van der Waals surface area contributed by atoms with Crippen LogP contribution in [0, 0.1) is 5.41 Å². The Morgan fingerprint density at radius 1 is 1.62 bits per heavy atom. The van der Waals surface area contributed by atoms with Crippen LogP contribution in [0.5, 0.6) is 0 Å². The highest BCUT2D eigenvalue weighted by molar-refractivity contribution is 6.00. The highest BCUT2D eigenvalue weighted by Crippen LogP contribution is 2.36. The van der Waals surface area contributed by atoms with Gasteiger partial charge in [-0.3, -0.25) is 0 Å². The predicted molar refractivity (Wildman–Crippen MR) is 60.6 cm³/mol. The van der Waals surface area contributed by atoms with Gasteiger partial charge in [0.2, 0.25) is 0 Å². The quantitative estimate of drug-likeness (QED) is 0.345. The molecule has 5 heteroatoms. The third kappa shape index (κ3) is 1.66. The first-order valence-corrected chi connectivity index (χ1v) is 5.12. The summed E-state index contributed by atoms with van der Waals surface area (Å²) in [6, 6.07) is 5.47. The standard InChI is InChI=1S/C11H12N4O/c12-10(6-16)8-2-1-3-9-7(8)4-5-11(9)14-15-13/h1-3,11-12,16H,4-6H2. The van der Waals surface area contributed by atoms with E-state index in [4.69, 9.17) is 16.0 Å². The van der Waals surface area contributed by atoms with Crippen molar-refractivity contribution in [3.63, 3.8) is 0 Å². The molecule has 0 radical (unpaired) electrons. The largest absolute Gasteiger partial charge is 0.390 e. The van der Waals surface area contributed by atoms with Gasteiger partial charge in [-0.2, -0.15) is 0 Å². The van der Waals surface area contributed by atoms with E-state index in [0.29, 0.717) is 0 Å². The number of aliphatic hydroxyl groups is 1. The van der Waals surface area contributed by atoms with Gasteiger partial charge < -0.3 is 10.5 Å². The SMILES string of the molecule is [N-]=[N+]=NC1CCc2c(C(=N)CO)cccc21. The predicted octanol–water partition coefficient (Wildman–Crippen LogP) is 2.34. The van der Waals surface area contributed by atoms with Crippen LogP contribution in [-0.2, 0) is 6.42 Å². The van der Waals surface area contributed by atoms with Crippen molar-refractivity contribution in [3.05, 3.63) is 45.3 Å². The monoisotopic (exact) mass is 216 g/mol. The fraction of sp³-hybridized carbons (Fsp3) is 0.364. The molecule has 1 atom stereocenters. The first-order valence-electron chi connectivity index (χ1n) is 5.12. The molecule has 0 aromatic heterocycles. The van der Waals surface area contributed by atoms with Crippen LogP contribution in [-0.4, -0.2) is 17.4 Å². The number of azide groups is 1. The lowest BCUT2D eigenvalue weighted by molar-refractivity contribution is 0.357. The van der Waals surface area contributed by atoms with Crippen molar-refractivity contribution in [2.45, 2.75) is 18.9 Å². The van der Waals surface area contributed by atoms with E-state index in [-0.39, 0.29) is 18.4 Å². The molecule has 1 aliphatic carbocycles. The van der Waals surface area contributed by atoms with Crippen molar-refractivity contribution in [3.8, 4) is 0 Å². The molecule has 2 N–H and O–H groups in total. The van der Waals surface area contributed by atoms with Crippen LogP contribution in [0.25, 0.3) is 10.4 Å². The normalized spacial score (nSPS) is 17.7. The van der Waals surface area contributed by atoms with Crippen LogP contribution in [0.4, 0.5) is 0 Å². The van der Waals surface area contributed by atoms with Gasteiger partial charge in [-0.25, -0.2) is 0 Å². The minimum atomic E-state index is -0.261. The van der Waals surface area contributed by atoms with Crippen molar-refractivity contribution in [1.29, 1.82) is 5.41 Å². The zero-order valence-corrected chi connectivity index (χ0v) is 8.72.